The maximum absolute atomic E-state index is 13.2. The van der Waals surface area contributed by atoms with Crippen molar-refractivity contribution < 1.29 is 4.42 Å². The van der Waals surface area contributed by atoms with Crippen molar-refractivity contribution in [3.8, 4) is 0 Å². The first-order valence-corrected chi connectivity index (χ1v) is 13.2. The Morgan fingerprint density at radius 2 is 2.00 bits per heavy atom. The van der Waals surface area contributed by atoms with Gasteiger partial charge < -0.3 is 9.40 Å². The van der Waals surface area contributed by atoms with Gasteiger partial charge in [0.25, 0.3) is 5.56 Å². The van der Waals surface area contributed by atoms with E-state index in [-0.39, 0.29) is 11.6 Å². The van der Waals surface area contributed by atoms with Crippen molar-refractivity contribution in [1.29, 1.82) is 0 Å². The number of aromatic amines is 1. The predicted octanol–water partition coefficient (Wildman–Crippen LogP) is 5.77. The maximum atomic E-state index is 13.2. The first kappa shape index (κ1) is 24.4. The van der Waals surface area contributed by atoms with Crippen molar-refractivity contribution in [2.45, 2.75) is 90.9 Å². The van der Waals surface area contributed by atoms with E-state index in [4.69, 9.17) is 4.42 Å². The molecule has 0 radical (unpaired) electrons. The zero-order valence-electron chi connectivity index (χ0n) is 21.5. The molecule has 0 spiro atoms. The van der Waals surface area contributed by atoms with Gasteiger partial charge in [0.2, 0.25) is 0 Å². The molecule has 0 amide bonds. The number of pyridine rings is 1. The van der Waals surface area contributed by atoms with E-state index in [9.17, 15) is 4.79 Å². The Hall–Kier alpha value is -3.26. The monoisotopic (exact) mass is 488 g/mol. The first-order valence-electron chi connectivity index (χ1n) is 13.2. The molecular formula is C28H36N6O2. The molecule has 3 aromatic heterocycles. The summed E-state index contributed by atoms with van der Waals surface area (Å²) in [6.07, 6.45) is 9.48. The molecule has 3 heterocycles. The summed E-state index contributed by atoms with van der Waals surface area (Å²) in [4.78, 5) is 18.7. The van der Waals surface area contributed by atoms with Gasteiger partial charge in [-0.1, -0.05) is 44.2 Å². The molecule has 1 aromatic carbocycles. The minimum absolute atomic E-state index is 0.0358. The fraction of sp³-hybridized carbons (Fsp3) is 0.500. The lowest BCUT2D eigenvalue weighted by molar-refractivity contribution is 0.139. The highest BCUT2D eigenvalue weighted by atomic mass is 16.3. The third-order valence-electron chi connectivity index (χ3n) is 7.42. The number of rotatable bonds is 9. The van der Waals surface area contributed by atoms with Gasteiger partial charge in [-0.25, -0.2) is 4.68 Å². The molecule has 4 aromatic rings. The van der Waals surface area contributed by atoms with E-state index in [0.29, 0.717) is 19.1 Å². The molecular weight excluding hydrogens is 452 g/mol. The number of benzene rings is 1. The summed E-state index contributed by atoms with van der Waals surface area (Å²) in [6.45, 7) is 7.35. The number of tetrazole rings is 1. The lowest BCUT2D eigenvalue weighted by Crippen LogP contribution is -2.33. The van der Waals surface area contributed by atoms with Crippen LogP contribution in [-0.4, -0.2) is 30.1 Å². The van der Waals surface area contributed by atoms with E-state index in [1.165, 1.54) is 24.8 Å². The Bertz CT molecular complexity index is 1350. The summed E-state index contributed by atoms with van der Waals surface area (Å²) < 4.78 is 7.80. The number of nitrogens with zero attached hydrogens (tertiary/aromatic N) is 5. The molecule has 1 saturated carbocycles. The zero-order valence-corrected chi connectivity index (χ0v) is 21.5. The Morgan fingerprint density at radius 3 is 2.75 bits per heavy atom. The van der Waals surface area contributed by atoms with E-state index >= 15 is 0 Å². The van der Waals surface area contributed by atoms with E-state index in [0.717, 1.165) is 59.3 Å². The Labute approximate surface area is 211 Å². The third kappa shape index (κ3) is 5.14. The molecule has 0 aliphatic heterocycles. The highest BCUT2D eigenvalue weighted by Crippen LogP contribution is 2.33. The van der Waals surface area contributed by atoms with Crippen molar-refractivity contribution in [3.63, 3.8) is 0 Å². The van der Waals surface area contributed by atoms with Crippen LogP contribution in [0.15, 0.2) is 45.8 Å². The molecule has 1 aliphatic carbocycles. The predicted molar refractivity (Wildman–Crippen MR) is 140 cm³/mol. The van der Waals surface area contributed by atoms with E-state index in [1.807, 2.05) is 25.1 Å². The van der Waals surface area contributed by atoms with Crippen molar-refractivity contribution >= 4 is 10.9 Å². The van der Waals surface area contributed by atoms with Gasteiger partial charge in [0.1, 0.15) is 5.76 Å². The molecule has 1 unspecified atom stereocenters. The van der Waals surface area contributed by atoms with Crippen LogP contribution in [0.5, 0.6) is 0 Å². The molecule has 190 valence electrons. The average Bonchev–Trinajstić information content (AvgIpc) is 3.56. The number of H-pyrrole nitrogens is 1. The topological polar surface area (TPSA) is 92.8 Å². The van der Waals surface area contributed by atoms with Crippen molar-refractivity contribution in [2.75, 3.05) is 0 Å². The number of hydrogen-bond donors (Lipinski definition) is 1. The molecule has 8 heteroatoms. The highest BCUT2D eigenvalue weighted by molar-refractivity contribution is 5.82. The molecule has 5 rings (SSSR count). The van der Waals surface area contributed by atoms with Crippen molar-refractivity contribution in [2.24, 2.45) is 0 Å². The van der Waals surface area contributed by atoms with Gasteiger partial charge >= 0.3 is 0 Å². The van der Waals surface area contributed by atoms with Gasteiger partial charge in [-0.15, -0.1) is 5.10 Å². The summed E-state index contributed by atoms with van der Waals surface area (Å²) in [5.41, 5.74) is 3.84. The summed E-state index contributed by atoms with van der Waals surface area (Å²) in [6, 6.07) is 10.5. The average molecular weight is 489 g/mol. The second kappa shape index (κ2) is 10.8. The molecule has 36 heavy (non-hydrogen) atoms. The third-order valence-corrected chi connectivity index (χ3v) is 7.42. The van der Waals surface area contributed by atoms with Crippen molar-refractivity contribution in [3.05, 3.63) is 75.2 Å². The summed E-state index contributed by atoms with van der Waals surface area (Å²) in [5.74, 6) is 1.75. The molecule has 1 N–H and O–H groups in total. The molecule has 0 bridgehead atoms. The molecule has 8 nitrogen and oxygen atoms in total. The molecule has 1 aliphatic rings. The second-order valence-electron chi connectivity index (χ2n) is 10.2. The van der Waals surface area contributed by atoms with Crippen LogP contribution in [0.4, 0.5) is 0 Å². The van der Waals surface area contributed by atoms with Gasteiger partial charge in [0.05, 0.1) is 30.4 Å². The molecule has 0 saturated heterocycles. The minimum atomic E-state index is -0.0546. The van der Waals surface area contributed by atoms with E-state index < -0.39 is 0 Å². The number of aryl methyl sites for hydroxylation is 2. The van der Waals surface area contributed by atoms with Crippen LogP contribution in [0.3, 0.4) is 0 Å². The number of fused-ring (bicyclic) bond motifs is 1. The van der Waals surface area contributed by atoms with Crippen LogP contribution in [0, 0.1) is 13.8 Å². The quantitative estimate of drug-likeness (QED) is 0.321. The Morgan fingerprint density at radius 1 is 1.17 bits per heavy atom. The normalized spacial score (nSPS) is 15.7. The van der Waals surface area contributed by atoms with Gasteiger partial charge in [0, 0.05) is 12.1 Å². The highest BCUT2D eigenvalue weighted by Gasteiger charge is 2.30. The number of furan rings is 1. The van der Waals surface area contributed by atoms with Crippen LogP contribution >= 0.6 is 0 Å². The van der Waals surface area contributed by atoms with Gasteiger partial charge in [-0.2, -0.15) is 0 Å². The largest absolute Gasteiger partial charge is 0.468 e. The fourth-order valence-corrected chi connectivity index (χ4v) is 5.70. The van der Waals surface area contributed by atoms with Crippen LogP contribution < -0.4 is 5.56 Å². The molecule has 1 atom stereocenters. The van der Waals surface area contributed by atoms with Crippen LogP contribution in [0.1, 0.15) is 92.2 Å². The van der Waals surface area contributed by atoms with Gasteiger partial charge in [-0.05, 0) is 78.8 Å². The first-order chi connectivity index (χ1) is 17.5. The summed E-state index contributed by atoms with van der Waals surface area (Å²) >= 11 is 0. The van der Waals surface area contributed by atoms with Gasteiger partial charge in [-0.3, -0.25) is 9.69 Å². The van der Waals surface area contributed by atoms with Crippen LogP contribution in [0.2, 0.25) is 0 Å². The molecule has 1 fully saturated rings. The minimum Gasteiger partial charge on any atom is -0.468 e. The lowest BCUT2D eigenvalue weighted by Gasteiger charge is -2.32. The van der Waals surface area contributed by atoms with Crippen LogP contribution in [-0.2, 0) is 13.1 Å². The van der Waals surface area contributed by atoms with Crippen molar-refractivity contribution in [1.82, 2.24) is 30.1 Å². The second-order valence-corrected chi connectivity index (χ2v) is 10.2. The zero-order chi connectivity index (χ0) is 25.1. The standard InChI is InChI=1S/C28H36N6O2/c1-4-9-25(27-30-31-32-34(27)23-10-6-5-7-11-23)33(18-24-12-8-13-36-24)17-22-16-21-15-19(2)14-20(3)26(21)29-28(22)35/h8,12-16,23,25H,4-7,9-11,17-18H2,1-3H3,(H,29,35). The SMILES string of the molecule is CCCC(c1nnnn1C1CCCCC1)N(Cc1ccco1)Cc1cc2cc(C)cc(C)c2[nH]c1=O. The van der Waals surface area contributed by atoms with Crippen LogP contribution in [0.25, 0.3) is 10.9 Å². The smallest absolute Gasteiger partial charge is 0.252 e. The number of aromatic nitrogens is 5. The summed E-state index contributed by atoms with van der Waals surface area (Å²) in [5, 5.41) is 14.2. The Kier molecular flexibility index (Phi) is 7.32. The van der Waals surface area contributed by atoms with Gasteiger partial charge in [0.15, 0.2) is 5.82 Å². The number of nitrogens with one attached hydrogen (secondary N) is 1. The Balaban J connectivity index is 1.54. The maximum Gasteiger partial charge on any atom is 0.252 e. The summed E-state index contributed by atoms with van der Waals surface area (Å²) in [7, 11) is 0. The number of hydrogen-bond acceptors (Lipinski definition) is 6. The van der Waals surface area contributed by atoms with E-state index in [1.54, 1.807) is 6.26 Å². The van der Waals surface area contributed by atoms with E-state index in [2.05, 4.69) is 56.1 Å². The fourth-order valence-electron chi connectivity index (χ4n) is 5.70. The lowest BCUT2D eigenvalue weighted by atomic mass is 9.95.